The zero-order valence-corrected chi connectivity index (χ0v) is 14.8. The van der Waals surface area contributed by atoms with E-state index in [-0.39, 0.29) is 0 Å². The van der Waals surface area contributed by atoms with Crippen LogP contribution in [0.5, 0.6) is 0 Å². The number of nitrogens with zero attached hydrogens (tertiary/aromatic N) is 1. The van der Waals surface area contributed by atoms with Gasteiger partial charge >= 0.3 is 0 Å². The first-order chi connectivity index (χ1) is 9.43. The number of rotatable bonds is 13. The lowest BCUT2D eigenvalue weighted by atomic mass is 10.1. The summed E-state index contributed by atoms with van der Waals surface area (Å²) in [6.45, 7) is 10.5. The van der Waals surface area contributed by atoms with Crippen LogP contribution < -0.4 is 0 Å². The van der Waals surface area contributed by atoms with Crippen molar-refractivity contribution in [1.82, 2.24) is 4.31 Å². The second-order valence-electron chi connectivity index (χ2n) is 6.65. The van der Waals surface area contributed by atoms with Gasteiger partial charge in [-0.3, -0.25) is 4.55 Å². The van der Waals surface area contributed by atoms with E-state index in [1.807, 2.05) is 0 Å². The molecule has 0 aliphatic carbocycles. The molecule has 0 fully saturated rings. The van der Waals surface area contributed by atoms with E-state index in [2.05, 4.69) is 27.7 Å². The Hall–Kier alpha value is 0.0700. The molecule has 0 aromatic rings. The zero-order valence-electron chi connectivity index (χ0n) is 13.9. The van der Waals surface area contributed by atoms with E-state index in [1.54, 1.807) is 4.31 Å². The standard InChI is InChI=1S/C16H35NO2S/c1-15(2)11-7-5-9-13-17(20(18)19)14-10-6-8-12-16(3)4/h15-16H,5-14H2,1-4H3,(H,18,19). The Balaban J connectivity index is 3.64. The summed E-state index contributed by atoms with van der Waals surface area (Å²) in [5.74, 6) is 1.53. The number of unbranched alkanes of at least 4 members (excludes halogenated alkanes) is 4. The van der Waals surface area contributed by atoms with Crippen molar-refractivity contribution in [1.29, 1.82) is 0 Å². The van der Waals surface area contributed by atoms with Crippen molar-refractivity contribution in [3.8, 4) is 0 Å². The maximum Gasteiger partial charge on any atom is 0.234 e. The molecule has 20 heavy (non-hydrogen) atoms. The quantitative estimate of drug-likeness (QED) is 0.390. The molecule has 0 aromatic heterocycles. The Labute approximate surface area is 128 Å². The first-order valence-electron chi connectivity index (χ1n) is 8.29. The summed E-state index contributed by atoms with van der Waals surface area (Å²) < 4.78 is 22.3. The minimum absolute atomic E-state index is 0.755. The molecule has 0 aliphatic rings. The van der Waals surface area contributed by atoms with Gasteiger partial charge in [0, 0.05) is 13.1 Å². The van der Waals surface area contributed by atoms with Gasteiger partial charge in [-0.25, -0.2) is 8.51 Å². The lowest BCUT2D eigenvalue weighted by Crippen LogP contribution is -2.27. The largest absolute Gasteiger partial charge is 0.294 e. The smallest absolute Gasteiger partial charge is 0.234 e. The first-order valence-corrected chi connectivity index (χ1v) is 9.35. The van der Waals surface area contributed by atoms with E-state index >= 15 is 0 Å². The Kier molecular flexibility index (Phi) is 12.8. The van der Waals surface area contributed by atoms with Crippen molar-refractivity contribution in [2.75, 3.05) is 13.1 Å². The molecule has 3 nitrogen and oxygen atoms in total. The molecule has 0 heterocycles. The van der Waals surface area contributed by atoms with Crippen LogP contribution in [-0.2, 0) is 11.3 Å². The molecular weight excluding hydrogens is 270 g/mol. The molecule has 0 aromatic carbocycles. The summed E-state index contributed by atoms with van der Waals surface area (Å²) in [6.07, 6.45) is 9.39. The summed E-state index contributed by atoms with van der Waals surface area (Å²) in [4.78, 5) is 0. The maximum absolute atomic E-state index is 11.3. The van der Waals surface area contributed by atoms with E-state index in [0.29, 0.717) is 0 Å². The molecule has 0 radical (unpaired) electrons. The van der Waals surface area contributed by atoms with E-state index in [9.17, 15) is 8.76 Å². The average Bonchev–Trinajstić information content (AvgIpc) is 2.34. The van der Waals surface area contributed by atoms with Crippen LogP contribution in [0.1, 0.15) is 79.1 Å². The van der Waals surface area contributed by atoms with Gasteiger partial charge in [-0.15, -0.1) is 0 Å². The Morgan fingerprint density at radius 1 is 0.800 bits per heavy atom. The van der Waals surface area contributed by atoms with E-state index < -0.39 is 11.3 Å². The average molecular weight is 306 g/mol. The van der Waals surface area contributed by atoms with Gasteiger partial charge in [-0.1, -0.05) is 66.2 Å². The third-order valence-electron chi connectivity index (χ3n) is 3.60. The van der Waals surface area contributed by atoms with Gasteiger partial charge in [0.1, 0.15) is 0 Å². The molecule has 0 rings (SSSR count). The molecule has 0 saturated heterocycles. The first kappa shape index (κ1) is 20.1. The summed E-state index contributed by atoms with van der Waals surface area (Å²) >= 11 is -1.80. The molecular formula is C16H35NO2S. The predicted octanol–water partition coefficient (Wildman–Crippen LogP) is 4.86. The van der Waals surface area contributed by atoms with Gasteiger partial charge in [0.25, 0.3) is 0 Å². The van der Waals surface area contributed by atoms with Crippen LogP contribution in [0.25, 0.3) is 0 Å². The van der Waals surface area contributed by atoms with Crippen molar-refractivity contribution in [3.63, 3.8) is 0 Å². The Bertz CT molecular complexity index is 227. The Morgan fingerprint density at radius 3 is 1.50 bits per heavy atom. The molecule has 0 spiro atoms. The highest BCUT2D eigenvalue weighted by atomic mass is 32.2. The molecule has 4 heteroatoms. The summed E-state index contributed by atoms with van der Waals surface area (Å²) in [5, 5.41) is 0. The minimum Gasteiger partial charge on any atom is -0.294 e. The van der Waals surface area contributed by atoms with Gasteiger partial charge in [0.05, 0.1) is 0 Å². The monoisotopic (exact) mass is 305 g/mol. The van der Waals surface area contributed by atoms with Gasteiger partial charge in [-0.2, -0.15) is 0 Å². The second-order valence-corrected chi connectivity index (χ2v) is 7.62. The second kappa shape index (κ2) is 12.8. The van der Waals surface area contributed by atoms with Crippen LogP contribution in [0, 0.1) is 11.8 Å². The Morgan fingerprint density at radius 2 is 1.20 bits per heavy atom. The maximum atomic E-state index is 11.3. The number of hydrogen-bond donors (Lipinski definition) is 1. The van der Waals surface area contributed by atoms with Crippen molar-refractivity contribution < 1.29 is 8.76 Å². The highest BCUT2D eigenvalue weighted by molar-refractivity contribution is 7.76. The highest BCUT2D eigenvalue weighted by Crippen LogP contribution is 2.11. The molecule has 1 atom stereocenters. The normalized spacial score (nSPS) is 13.6. The predicted molar refractivity (Wildman–Crippen MR) is 89.0 cm³/mol. The fourth-order valence-corrected chi connectivity index (χ4v) is 2.87. The van der Waals surface area contributed by atoms with Crippen LogP contribution in [0.2, 0.25) is 0 Å². The SMILES string of the molecule is CC(C)CCCCCN(CCCCCC(C)C)S(=O)O. The van der Waals surface area contributed by atoms with Crippen LogP contribution in [0.15, 0.2) is 0 Å². The molecule has 0 saturated carbocycles. The van der Waals surface area contributed by atoms with Crippen LogP contribution in [-0.4, -0.2) is 26.2 Å². The molecule has 0 aliphatic heterocycles. The van der Waals surface area contributed by atoms with Crippen molar-refractivity contribution >= 4 is 11.3 Å². The lowest BCUT2D eigenvalue weighted by Gasteiger charge is -2.17. The van der Waals surface area contributed by atoms with Crippen molar-refractivity contribution in [2.24, 2.45) is 11.8 Å². The highest BCUT2D eigenvalue weighted by Gasteiger charge is 2.10. The van der Waals surface area contributed by atoms with E-state index in [1.165, 1.54) is 38.5 Å². The fourth-order valence-electron chi connectivity index (χ4n) is 2.30. The van der Waals surface area contributed by atoms with Gasteiger partial charge in [0.15, 0.2) is 0 Å². The van der Waals surface area contributed by atoms with Gasteiger partial charge in [-0.05, 0) is 24.7 Å². The summed E-state index contributed by atoms with van der Waals surface area (Å²) in [5.41, 5.74) is 0. The molecule has 1 N–H and O–H groups in total. The number of hydrogen-bond acceptors (Lipinski definition) is 1. The molecule has 0 amide bonds. The van der Waals surface area contributed by atoms with Crippen LogP contribution >= 0.6 is 0 Å². The summed E-state index contributed by atoms with van der Waals surface area (Å²) in [7, 11) is 0. The fraction of sp³-hybridized carbons (Fsp3) is 1.00. The molecule has 1 unspecified atom stereocenters. The third-order valence-corrected chi connectivity index (χ3v) is 4.41. The summed E-state index contributed by atoms with van der Waals surface area (Å²) in [6, 6.07) is 0. The molecule has 122 valence electrons. The van der Waals surface area contributed by atoms with Gasteiger partial charge < -0.3 is 0 Å². The third kappa shape index (κ3) is 13.1. The van der Waals surface area contributed by atoms with Crippen LogP contribution in [0.3, 0.4) is 0 Å². The zero-order chi connectivity index (χ0) is 15.4. The minimum atomic E-state index is -1.80. The van der Waals surface area contributed by atoms with Crippen molar-refractivity contribution in [3.05, 3.63) is 0 Å². The lowest BCUT2D eigenvalue weighted by molar-refractivity contribution is 0.369. The van der Waals surface area contributed by atoms with Crippen LogP contribution in [0.4, 0.5) is 0 Å². The molecule has 0 bridgehead atoms. The van der Waals surface area contributed by atoms with Gasteiger partial charge in [0.2, 0.25) is 11.3 Å². The topological polar surface area (TPSA) is 40.5 Å². The van der Waals surface area contributed by atoms with E-state index in [4.69, 9.17) is 0 Å². The van der Waals surface area contributed by atoms with Crippen molar-refractivity contribution in [2.45, 2.75) is 79.1 Å². The van der Waals surface area contributed by atoms with E-state index in [0.717, 1.165) is 37.8 Å².